The molecule has 0 bridgehead atoms. The van der Waals surface area contributed by atoms with Crippen LogP contribution < -0.4 is 10.3 Å². The Morgan fingerprint density at radius 3 is 2.72 bits per heavy atom. The minimum atomic E-state index is -1.07. The van der Waals surface area contributed by atoms with Gasteiger partial charge in [-0.05, 0) is 35.9 Å². The molecule has 0 aliphatic heterocycles. The fraction of sp³-hybridized carbons (Fsp3) is 0.0526. The van der Waals surface area contributed by atoms with Gasteiger partial charge in [0.1, 0.15) is 24.0 Å². The fourth-order valence-electron chi connectivity index (χ4n) is 2.42. The van der Waals surface area contributed by atoms with Gasteiger partial charge in [-0.2, -0.15) is 4.98 Å². The Kier molecular flexibility index (Phi) is 5.89. The van der Waals surface area contributed by atoms with Gasteiger partial charge in [0.2, 0.25) is 0 Å². The van der Waals surface area contributed by atoms with E-state index < -0.39 is 27.9 Å². The number of aromatic amines is 1. The molecule has 1 heterocycles. The first kappa shape index (κ1) is 20.0. The van der Waals surface area contributed by atoms with E-state index in [1.54, 1.807) is 36.4 Å². The summed E-state index contributed by atoms with van der Waals surface area (Å²) in [6.45, 7) is -0.0657. The maximum Gasteiger partial charge on any atom is 0.395 e. The van der Waals surface area contributed by atoms with Crippen molar-refractivity contribution in [3.05, 3.63) is 90.7 Å². The van der Waals surface area contributed by atoms with Crippen molar-refractivity contribution in [3.63, 3.8) is 0 Å². The van der Waals surface area contributed by atoms with Gasteiger partial charge in [0, 0.05) is 5.56 Å². The zero-order chi connectivity index (χ0) is 21.0. The molecule has 3 rings (SSSR count). The third-order valence-electron chi connectivity index (χ3n) is 3.81. The molecule has 0 unspecified atom stereocenters. The molecule has 0 saturated carbocycles. The number of H-pyrrole nitrogens is 1. The second-order valence-electron chi connectivity index (χ2n) is 5.78. The molecule has 3 aromatic rings. The van der Waals surface area contributed by atoms with Crippen molar-refractivity contribution in [1.82, 2.24) is 9.97 Å². The van der Waals surface area contributed by atoms with Crippen LogP contribution in [0.2, 0.25) is 5.02 Å². The van der Waals surface area contributed by atoms with Crippen LogP contribution in [0, 0.1) is 15.9 Å². The van der Waals surface area contributed by atoms with Crippen molar-refractivity contribution in [3.8, 4) is 11.6 Å². The molecule has 8 nitrogen and oxygen atoms in total. The molecule has 0 aliphatic rings. The number of halogens is 2. The van der Waals surface area contributed by atoms with Crippen LogP contribution in [-0.4, -0.2) is 20.0 Å². The number of nitro groups is 1. The number of ether oxygens (including phenoxy) is 1. The molecule has 148 valence electrons. The Balaban J connectivity index is 1.76. The van der Waals surface area contributed by atoms with E-state index in [-0.39, 0.29) is 23.0 Å². The number of hydrogen-bond donors (Lipinski definition) is 2. The summed E-state index contributed by atoms with van der Waals surface area (Å²) in [5.41, 5.74) is -1.22. The third-order valence-corrected chi connectivity index (χ3v) is 4.17. The molecule has 1 aromatic heterocycles. The summed E-state index contributed by atoms with van der Waals surface area (Å²) in [7, 11) is 0. The molecule has 29 heavy (non-hydrogen) atoms. The SMILES string of the molecule is O=c1[nH]c(C=Cc2cccc(OCc3c(F)cccc3Cl)c2)nc(O)c1[N+](=O)[O-]. The van der Waals surface area contributed by atoms with Crippen molar-refractivity contribution < 1.29 is 19.2 Å². The summed E-state index contributed by atoms with van der Waals surface area (Å²) >= 11 is 5.97. The summed E-state index contributed by atoms with van der Waals surface area (Å²) < 4.78 is 19.4. The predicted octanol–water partition coefficient (Wildman–Crippen LogP) is 3.93. The van der Waals surface area contributed by atoms with Crippen LogP contribution in [0.4, 0.5) is 10.1 Å². The van der Waals surface area contributed by atoms with Crippen molar-refractivity contribution in [1.29, 1.82) is 0 Å². The topological polar surface area (TPSA) is 118 Å². The number of nitrogens with zero attached hydrogens (tertiary/aromatic N) is 2. The lowest BCUT2D eigenvalue weighted by Crippen LogP contribution is -2.14. The summed E-state index contributed by atoms with van der Waals surface area (Å²) in [6.07, 6.45) is 2.91. The van der Waals surface area contributed by atoms with Gasteiger partial charge in [-0.1, -0.05) is 35.9 Å². The van der Waals surface area contributed by atoms with Crippen molar-refractivity contribution in [2.45, 2.75) is 6.61 Å². The van der Waals surface area contributed by atoms with E-state index in [9.17, 15) is 24.4 Å². The highest BCUT2D eigenvalue weighted by Crippen LogP contribution is 2.23. The maximum absolute atomic E-state index is 13.8. The van der Waals surface area contributed by atoms with Crippen LogP contribution in [0.5, 0.6) is 11.6 Å². The van der Waals surface area contributed by atoms with E-state index in [4.69, 9.17) is 16.3 Å². The Morgan fingerprint density at radius 1 is 1.28 bits per heavy atom. The van der Waals surface area contributed by atoms with Crippen molar-refractivity contribution in [2.75, 3.05) is 0 Å². The third kappa shape index (κ3) is 4.77. The molecule has 0 atom stereocenters. The van der Waals surface area contributed by atoms with Crippen LogP contribution >= 0.6 is 11.6 Å². The molecule has 0 fully saturated rings. The first-order valence-electron chi connectivity index (χ1n) is 8.16. The van der Waals surface area contributed by atoms with Gasteiger partial charge in [0.15, 0.2) is 0 Å². The number of rotatable bonds is 6. The highest BCUT2D eigenvalue weighted by molar-refractivity contribution is 6.31. The van der Waals surface area contributed by atoms with Gasteiger partial charge in [-0.15, -0.1) is 0 Å². The van der Waals surface area contributed by atoms with E-state index in [1.165, 1.54) is 18.2 Å². The summed E-state index contributed by atoms with van der Waals surface area (Å²) in [5.74, 6) is -1.07. The van der Waals surface area contributed by atoms with Crippen LogP contribution in [-0.2, 0) is 6.61 Å². The lowest BCUT2D eigenvalue weighted by atomic mass is 10.2. The molecule has 2 N–H and O–H groups in total. The van der Waals surface area contributed by atoms with E-state index in [0.717, 1.165) is 0 Å². The fourth-order valence-corrected chi connectivity index (χ4v) is 2.64. The Bertz CT molecular complexity index is 1140. The zero-order valence-electron chi connectivity index (χ0n) is 14.6. The Hall–Kier alpha value is -3.72. The minimum Gasteiger partial charge on any atom is -0.489 e. The Labute approximate surface area is 168 Å². The van der Waals surface area contributed by atoms with Gasteiger partial charge < -0.3 is 14.8 Å². The number of aromatic nitrogens is 2. The van der Waals surface area contributed by atoms with Gasteiger partial charge in [-0.25, -0.2) is 4.39 Å². The van der Waals surface area contributed by atoms with E-state index in [2.05, 4.69) is 9.97 Å². The molecule has 0 amide bonds. The molecular weight excluding hydrogens is 405 g/mol. The summed E-state index contributed by atoms with van der Waals surface area (Å²) in [4.78, 5) is 27.1. The zero-order valence-corrected chi connectivity index (χ0v) is 15.4. The average molecular weight is 418 g/mol. The highest BCUT2D eigenvalue weighted by Gasteiger charge is 2.21. The monoisotopic (exact) mass is 417 g/mol. The van der Waals surface area contributed by atoms with Gasteiger partial charge in [-0.3, -0.25) is 14.9 Å². The first-order valence-corrected chi connectivity index (χ1v) is 8.54. The average Bonchev–Trinajstić information content (AvgIpc) is 2.65. The molecule has 0 spiro atoms. The van der Waals surface area contributed by atoms with Crippen LogP contribution in [0.25, 0.3) is 12.2 Å². The summed E-state index contributed by atoms with van der Waals surface area (Å²) in [5, 5.41) is 20.5. The van der Waals surface area contributed by atoms with E-state index in [0.29, 0.717) is 11.3 Å². The lowest BCUT2D eigenvalue weighted by molar-refractivity contribution is -0.387. The maximum atomic E-state index is 13.8. The normalized spacial score (nSPS) is 11.0. The number of hydrogen-bond acceptors (Lipinski definition) is 6. The van der Waals surface area contributed by atoms with Gasteiger partial charge in [0.25, 0.3) is 5.88 Å². The molecule has 0 radical (unpaired) electrons. The highest BCUT2D eigenvalue weighted by atomic mass is 35.5. The van der Waals surface area contributed by atoms with Crippen molar-refractivity contribution >= 4 is 29.4 Å². The minimum absolute atomic E-state index is 0.0657. The van der Waals surface area contributed by atoms with Crippen LogP contribution in [0.1, 0.15) is 17.0 Å². The largest absolute Gasteiger partial charge is 0.489 e. The van der Waals surface area contributed by atoms with E-state index >= 15 is 0 Å². The number of benzene rings is 2. The number of nitrogens with one attached hydrogen (secondary N) is 1. The molecule has 0 aliphatic carbocycles. The second kappa shape index (κ2) is 8.53. The summed E-state index contributed by atoms with van der Waals surface area (Å²) in [6, 6.07) is 11.1. The molecule has 2 aromatic carbocycles. The molecule has 0 saturated heterocycles. The Morgan fingerprint density at radius 2 is 2.03 bits per heavy atom. The standard InChI is InChI=1S/C19H13ClFN3O5/c20-14-5-2-6-15(21)13(14)10-29-12-4-1-3-11(9-12)7-8-16-22-18(25)17(24(27)28)19(26)23-16/h1-9H,10H2,(H2,22,23,25,26). The van der Waals surface area contributed by atoms with Crippen LogP contribution in [0.3, 0.4) is 0 Å². The van der Waals surface area contributed by atoms with Crippen LogP contribution in [0.15, 0.2) is 47.3 Å². The predicted molar refractivity (Wildman–Crippen MR) is 104 cm³/mol. The molecule has 10 heteroatoms. The smallest absolute Gasteiger partial charge is 0.395 e. The second-order valence-corrected chi connectivity index (χ2v) is 6.18. The lowest BCUT2D eigenvalue weighted by Gasteiger charge is -2.09. The van der Waals surface area contributed by atoms with Crippen molar-refractivity contribution in [2.24, 2.45) is 0 Å². The first-order chi connectivity index (χ1) is 13.8. The molecular formula is C19H13ClFN3O5. The van der Waals surface area contributed by atoms with Gasteiger partial charge in [0.05, 0.1) is 9.95 Å². The quantitative estimate of drug-likeness (QED) is 0.463. The number of aromatic hydroxyl groups is 1. The van der Waals surface area contributed by atoms with E-state index in [1.807, 2.05) is 0 Å². The van der Waals surface area contributed by atoms with Gasteiger partial charge >= 0.3 is 11.2 Å².